The molecule has 1 fully saturated rings. The highest BCUT2D eigenvalue weighted by molar-refractivity contribution is 5.81. The van der Waals surface area contributed by atoms with Gasteiger partial charge >= 0.3 is 5.97 Å². The van der Waals surface area contributed by atoms with Gasteiger partial charge in [-0.15, -0.1) is 0 Å². The van der Waals surface area contributed by atoms with Crippen LogP contribution in [-0.4, -0.2) is 96.0 Å². The van der Waals surface area contributed by atoms with Gasteiger partial charge in [-0.1, -0.05) is 19.9 Å². The Morgan fingerprint density at radius 3 is 2.37 bits per heavy atom. The molecule has 1 saturated heterocycles. The zero-order chi connectivity index (χ0) is 26.3. The van der Waals surface area contributed by atoms with Crippen molar-refractivity contribution >= 4 is 17.6 Å². The third kappa shape index (κ3) is 8.32. The quantitative estimate of drug-likeness (QED) is 0.266. The van der Waals surface area contributed by atoms with Gasteiger partial charge in [0.05, 0.1) is 11.6 Å². The van der Waals surface area contributed by atoms with E-state index in [1.165, 1.54) is 0 Å². The van der Waals surface area contributed by atoms with Crippen molar-refractivity contribution in [3.8, 4) is 5.75 Å². The first kappa shape index (κ1) is 28.8. The van der Waals surface area contributed by atoms with Crippen molar-refractivity contribution < 1.29 is 39.1 Å². The van der Waals surface area contributed by atoms with Gasteiger partial charge in [0.2, 0.25) is 6.29 Å². The summed E-state index contributed by atoms with van der Waals surface area (Å²) < 4.78 is 16.8. The van der Waals surface area contributed by atoms with Crippen LogP contribution in [0.2, 0.25) is 0 Å². The van der Waals surface area contributed by atoms with Crippen LogP contribution in [0.4, 0.5) is 5.69 Å². The molecule has 0 radical (unpaired) electrons. The zero-order valence-electron chi connectivity index (χ0n) is 21.2. The van der Waals surface area contributed by atoms with Gasteiger partial charge in [-0.05, 0) is 45.6 Å². The van der Waals surface area contributed by atoms with E-state index in [0.717, 1.165) is 0 Å². The summed E-state index contributed by atoms with van der Waals surface area (Å²) in [6.07, 6.45) is -7.82. The number of rotatable bonds is 11. The van der Waals surface area contributed by atoms with E-state index in [9.17, 15) is 24.9 Å². The summed E-state index contributed by atoms with van der Waals surface area (Å²) in [6.45, 7) is 8.23. The summed E-state index contributed by atoms with van der Waals surface area (Å²) in [6, 6.07) is 5.17. The second kappa shape index (κ2) is 13.0. The highest BCUT2D eigenvalue weighted by Gasteiger charge is 2.48. The van der Waals surface area contributed by atoms with Crippen LogP contribution in [0.3, 0.4) is 0 Å². The van der Waals surface area contributed by atoms with Crippen molar-refractivity contribution in [1.29, 1.82) is 0 Å². The number of benzene rings is 1. The van der Waals surface area contributed by atoms with Crippen LogP contribution >= 0.6 is 0 Å². The Morgan fingerprint density at radius 2 is 1.77 bits per heavy atom. The first-order valence-electron chi connectivity index (χ1n) is 11.8. The zero-order valence-corrected chi connectivity index (χ0v) is 21.2. The molecule has 0 saturated carbocycles. The van der Waals surface area contributed by atoms with Crippen molar-refractivity contribution in [2.75, 3.05) is 32.5 Å². The average Bonchev–Trinajstić information content (AvgIpc) is 2.78. The third-order valence-corrected chi connectivity index (χ3v) is 5.27. The average molecular weight is 498 g/mol. The Labute approximate surface area is 206 Å². The van der Waals surface area contributed by atoms with Gasteiger partial charge in [-0.25, -0.2) is 0 Å². The van der Waals surface area contributed by atoms with Crippen LogP contribution in [0.25, 0.3) is 0 Å². The highest BCUT2D eigenvalue weighted by atomic mass is 16.7. The van der Waals surface area contributed by atoms with Crippen LogP contribution in [-0.2, 0) is 25.7 Å². The molecule has 2 rings (SSSR count). The smallest absolute Gasteiger partial charge is 0.308 e. The van der Waals surface area contributed by atoms with Gasteiger partial charge in [0, 0.05) is 19.1 Å². The number of nitrogens with zero attached hydrogens (tertiary/aromatic N) is 1. The molecule has 11 heteroatoms. The second-order valence-electron chi connectivity index (χ2n) is 9.50. The Hall–Kier alpha value is -2.44. The molecule has 1 aliphatic rings. The van der Waals surface area contributed by atoms with E-state index in [0.29, 0.717) is 24.3 Å². The van der Waals surface area contributed by atoms with Crippen LogP contribution in [0.1, 0.15) is 33.3 Å². The highest BCUT2D eigenvalue weighted by Crippen LogP contribution is 2.31. The van der Waals surface area contributed by atoms with E-state index in [1.807, 2.05) is 32.8 Å². The van der Waals surface area contributed by atoms with Gasteiger partial charge in [0.1, 0.15) is 30.7 Å². The van der Waals surface area contributed by atoms with Gasteiger partial charge < -0.3 is 45.1 Å². The molecule has 0 aliphatic carbocycles. The second-order valence-corrected chi connectivity index (χ2v) is 9.50. The SMILES string of the molecule is CC(C)Nc1ccc(COC(=O)C(C)C)cc1O[C@@H]1O[C@H](C(=O)NCCN(C)C)[C@@H](O)[C@H](O)[C@H]1O. The van der Waals surface area contributed by atoms with E-state index in [4.69, 9.17) is 14.2 Å². The number of ether oxygens (including phenoxy) is 3. The minimum Gasteiger partial charge on any atom is -0.461 e. The number of carbonyl (C=O) groups excluding carboxylic acids is 2. The number of aliphatic hydroxyl groups is 3. The number of amides is 1. The Morgan fingerprint density at radius 1 is 1.09 bits per heavy atom. The summed E-state index contributed by atoms with van der Waals surface area (Å²) in [5.74, 6) is -0.986. The number of likely N-dealkylation sites (N-methyl/N-ethyl adjacent to an activating group) is 1. The summed E-state index contributed by atoms with van der Waals surface area (Å²) in [5.41, 5.74) is 1.20. The summed E-state index contributed by atoms with van der Waals surface area (Å²) in [7, 11) is 3.70. The topological polar surface area (TPSA) is 150 Å². The number of nitrogens with one attached hydrogen (secondary N) is 2. The van der Waals surface area contributed by atoms with Gasteiger partial charge in [-0.3, -0.25) is 9.59 Å². The lowest BCUT2D eigenvalue weighted by atomic mass is 9.98. The predicted octanol–water partition coefficient (Wildman–Crippen LogP) is 0.0703. The Kier molecular flexibility index (Phi) is 10.7. The van der Waals surface area contributed by atoms with Crippen molar-refractivity contribution in [2.24, 2.45) is 5.92 Å². The third-order valence-electron chi connectivity index (χ3n) is 5.27. The van der Waals surface area contributed by atoms with Crippen molar-refractivity contribution in [1.82, 2.24) is 10.2 Å². The first-order valence-corrected chi connectivity index (χ1v) is 11.8. The van der Waals surface area contributed by atoms with E-state index in [1.54, 1.807) is 32.0 Å². The van der Waals surface area contributed by atoms with E-state index >= 15 is 0 Å². The standard InChI is InChI=1S/C24H39N3O8/c1-13(2)23(32)33-12-15-7-8-16(26-14(3)4)17(11-15)34-24-20(30)18(28)19(29)21(35-24)22(31)25-9-10-27(5)6/h7-8,11,13-14,18-21,24,26,28-30H,9-10,12H2,1-6H3,(H,25,31)/t18-,19-,20+,21-,24+/m0/s1. The van der Waals surface area contributed by atoms with E-state index < -0.39 is 36.6 Å². The lowest BCUT2D eigenvalue weighted by Gasteiger charge is -2.39. The molecule has 5 N–H and O–H groups in total. The molecule has 0 bridgehead atoms. The largest absolute Gasteiger partial charge is 0.461 e. The molecule has 35 heavy (non-hydrogen) atoms. The van der Waals surface area contributed by atoms with Crippen molar-refractivity contribution in [3.05, 3.63) is 23.8 Å². The fourth-order valence-corrected chi connectivity index (χ4v) is 3.30. The van der Waals surface area contributed by atoms with Gasteiger partial charge in [0.25, 0.3) is 5.91 Å². The molecule has 1 aliphatic heterocycles. The normalized spacial score (nSPS) is 24.5. The first-order chi connectivity index (χ1) is 16.4. The van der Waals surface area contributed by atoms with Crippen LogP contribution in [0, 0.1) is 5.92 Å². The molecule has 11 nitrogen and oxygen atoms in total. The molecule has 1 aromatic carbocycles. The minimum atomic E-state index is -1.67. The maximum Gasteiger partial charge on any atom is 0.308 e. The number of carbonyl (C=O) groups is 2. The molecule has 1 aromatic rings. The number of hydrogen-bond donors (Lipinski definition) is 5. The van der Waals surface area contributed by atoms with Gasteiger partial charge in [0.15, 0.2) is 6.10 Å². The summed E-state index contributed by atoms with van der Waals surface area (Å²) in [5, 5.41) is 37.1. The number of aliphatic hydroxyl groups excluding tert-OH is 3. The Bertz CT molecular complexity index is 848. The predicted molar refractivity (Wildman–Crippen MR) is 129 cm³/mol. The molecule has 1 amide bonds. The molecule has 0 spiro atoms. The molecular weight excluding hydrogens is 458 g/mol. The van der Waals surface area contributed by atoms with Crippen LogP contribution < -0.4 is 15.4 Å². The van der Waals surface area contributed by atoms with Crippen molar-refractivity contribution in [3.63, 3.8) is 0 Å². The molecule has 1 heterocycles. The molecular formula is C24H39N3O8. The lowest BCUT2D eigenvalue weighted by Crippen LogP contribution is -2.63. The van der Waals surface area contributed by atoms with Crippen LogP contribution in [0.15, 0.2) is 18.2 Å². The molecule has 5 atom stereocenters. The monoisotopic (exact) mass is 497 g/mol. The van der Waals surface area contributed by atoms with Crippen LogP contribution in [0.5, 0.6) is 5.75 Å². The summed E-state index contributed by atoms with van der Waals surface area (Å²) >= 11 is 0. The molecule has 198 valence electrons. The minimum absolute atomic E-state index is 0.0155. The van der Waals surface area contributed by atoms with E-state index in [-0.39, 0.29) is 30.3 Å². The molecule has 0 aromatic heterocycles. The van der Waals surface area contributed by atoms with E-state index in [2.05, 4.69) is 10.6 Å². The van der Waals surface area contributed by atoms with Crippen molar-refractivity contribution in [2.45, 2.75) is 71.0 Å². The lowest BCUT2D eigenvalue weighted by molar-refractivity contribution is -0.266. The Balaban J connectivity index is 2.22. The number of esters is 1. The number of anilines is 1. The molecule has 0 unspecified atom stereocenters. The fraction of sp³-hybridized carbons (Fsp3) is 0.667. The number of hydrogen-bond acceptors (Lipinski definition) is 10. The maximum atomic E-state index is 12.6. The summed E-state index contributed by atoms with van der Waals surface area (Å²) in [4.78, 5) is 26.3. The maximum absolute atomic E-state index is 12.6. The fourth-order valence-electron chi connectivity index (χ4n) is 3.30. The van der Waals surface area contributed by atoms with Gasteiger partial charge in [-0.2, -0.15) is 0 Å².